The molecule has 0 saturated carbocycles. The molecule has 1 unspecified atom stereocenters. The molecule has 2 N–H and O–H groups in total. The molecule has 0 fully saturated rings. The second-order valence-corrected chi connectivity index (χ2v) is 10.4. The van der Waals surface area contributed by atoms with E-state index in [0.717, 1.165) is 26.2 Å². The van der Waals surface area contributed by atoms with Crippen LogP contribution in [0.25, 0.3) is 10.8 Å². The predicted molar refractivity (Wildman–Crippen MR) is 147 cm³/mol. The smallest absolute Gasteiger partial charge is 0.255 e. The number of nitrogens with one attached hydrogen (secondary N) is 2. The maximum atomic E-state index is 13.1. The number of rotatable bonds is 7. The molecule has 0 saturated heterocycles. The molecule has 0 radical (unpaired) electrons. The van der Waals surface area contributed by atoms with Crippen LogP contribution in [0.2, 0.25) is 0 Å². The normalized spacial score (nSPS) is 11.7. The Bertz CT molecular complexity index is 1520. The first kappa shape index (κ1) is 23.7. The summed E-state index contributed by atoms with van der Waals surface area (Å²) in [5, 5.41) is 16.7. The molecule has 1 atom stereocenters. The fourth-order valence-corrected chi connectivity index (χ4v) is 5.32. The van der Waals surface area contributed by atoms with Crippen molar-refractivity contribution < 1.29 is 9.59 Å². The molecular weight excluding hydrogens is 488 g/mol. The van der Waals surface area contributed by atoms with Gasteiger partial charge in [0.1, 0.15) is 10.3 Å². The Morgan fingerprint density at radius 3 is 2.25 bits per heavy atom. The number of aromatic nitrogens is 2. The van der Waals surface area contributed by atoms with E-state index in [0.29, 0.717) is 16.4 Å². The lowest BCUT2D eigenvalue weighted by atomic mass is 10.1. The quantitative estimate of drug-likeness (QED) is 0.237. The Morgan fingerprint density at radius 2 is 1.53 bits per heavy atom. The van der Waals surface area contributed by atoms with Crippen LogP contribution >= 0.6 is 23.1 Å². The van der Waals surface area contributed by atoms with Crippen molar-refractivity contribution in [2.24, 2.45) is 0 Å². The number of nitrogens with zero attached hydrogens (tertiary/aromatic N) is 2. The van der Waals surface area contributed by atoms with Crippen molar-refractivity contribution in [2.45, 2.75) is 17.1 Å². The first-order valence-corrected chi connectivity index (χ1v) is 13.0. The van der Waals surface area contributed by atoms with E-state index in [1.807, 2.05) is 104 Å². The minimum Gasteiger partial charge on any atom is -0.322 e. The monoisotopic (exact) mass is 510 g/mol. The van der Waals surface area contributed by atoms with E-state index < -0.39 is 5.25 Å². The van der Waals surface area contributed by atoms with Gasteiger partial charge in [0.2, 0.25) is 11.0 Å². The highest BCUT2D eigenvalue weighted by Gasteiger charge is 2.23. The van der Waals surface area contributed by atoms with Gasteiger partial charge in [-0.1, -0.05) is 72.0 Å². The van der Waals surface area contributed by atoms with Crippen LogP contribution in [0.15, 0.2) is 102 Å². The molecular formula is C28H22N4O2S2. The number of carbonyl (C=O) groups is 2. The average molecular weight is 511 g/mol. The molecule has 4 aromatic carbocycles. The lowest BCUT2D eigenvalue weighted by Gasteiger charge is -2.16. The van der Waals surface area contributed by atoms with Gasteiger partial charge in [0.15, 0.2) is 0 Å². The number of fused-ring (bicyclic) bond motifs is 1. The zero-order valence-electron chi connectivity index (χ0n) is 19.3. The van der Waals surface area contributed by atoms with E-state index in [1.165, 1.54) is 23.1 Å². The zero-order chi connectivity index (χ0) is 24.9. The summed E-state index contributed by atoms with van der Waals surface area (Å²) in [4.78, 5) is 26.8. The van der Waals surface area contributed by atoms with E-state index in [1.54, 1.807) is 0 Å². The van der Waals surface area contributed by atoms with E-state index in [-0.39, 0.29) is 11.8 Å². The molecule has 5 rings (SSSR count). The lowest BCUT2D eigenvalue weighted by molar-refractivity contribution is -0.115. The van der Waals surface area contributed by atoms with Gasteiger partial charge in [-0.2, -0.15) is 0 Å². The largest absolute Gasteiger partial charge is 0.322 e. The molecule has 1 heterocycles. The van der Waals surface area contributed by atoms with Crippen LogP contribution in [0.5, 0.6) is 0 Å². The predicted octanol–water partition coefficient (Wildman–Crippen LogP) is 6.72. The van der Waals surface area contributed by atoms with Gasteiger partial charge in [-0.3, -0.25) is 14.9 Å². The van der Waals surface area contributed by atoms with E-state index in [9.17, 15) is 9.59 Å². The molecule has 0 aliphatic rings. The number of carbonyl (C=O) groups excluding carboxylic acids is 2. The van der Waals surface area contributed by atoms with Gasteiger partial charge in [0, 0.05) is 16.1 Å². The number of hydrogen-bond donors (Lipinski definition) is 2. The average Bonchev–Trinajstić information content (AvgIpc) is 3.32. The second-order valence-electron chi connectivity index (χ2n) is 8.06. The van der Waals surface area contributed by atoms with Gasteiger partial charge < -0.3 is 5.32 Å². The summed E-state index contributed by atoms with van der Waals surface area (Å²) in [6.45, 7) is 1.84. The molecule has 0 bridgehead atoms. The Morgan fingerprint density at radius 1 is 0.806 bits per heavy atom. The van der Waals surface area contributed by atoms with Gasteiger partial charge in [-0.25, -0.2) is 0 Å². The van der Waals surface area contributed by atoms with Crippen LogP contribution < -0.4 is 10.6 Å². The molecule has 2 amide bonds. The molecule has 8 heteroatoms. The number of hydrogen-bond acceptors (Lipinski definition) is 6. The van der Waals surface area contributed by atoms with Crippen molar-refractivity contribution in [2.75, 3.05) is 10.6 Å². The molecule has 178 valence electrons. The molecule has 0 aliphatic heterocycles. The SMILES string of the molecule is Cc1nnc(NC(=O)C(Sc2ccc(NC(=O)c3ccc4ccccc4c3)cc2)c2ccccc2)s1. The Hall–Kier alpha value is -4.01. The van der Waals surface area contributed by atoms with Crippen LogP contribution in [-0.4, -0.2) is 22.0 Å². The lowest BCUT2D eigenvalue weighted by Crippen LogP contribution is -2.19. The first-order valence-electron chi connectivity index (χ1n) is 11.3. The zero-order valence-corrected chi connectivity index (χ0v) is 21.0. The molecule has 5 aromatic rings. The summed E-state index contributed by atoms with van der Waals surface area (Å²) in [7, 11) is 0. The van der Waals surface area contributed by atoms with Crippen molar-refractivity contribution in [1.82, 2.24) is 10.2 Å². The van der Waals surface area contributed by atoms with Gasteiger partial charge >= 0.3 is 0 Å². The Balaban J connectivity index is 1.29. The van der Waals surface area contributed by atoms with Gasteiger partial charge in [-0.05, 0) is 59.7 Å². The number of anilines is 2. The summed E-state index contributed by atoms with van der Waals surface area (Å²) in [5.41, 5.74) is 2.16. The van der Waals surface area contributed by atoms with Gasteiger partial charge in [0.05, 0.1) is 0 Å². The fourth-order valence-electron chi connectivity index (χ4n) is 3.71. The van der Waals surface area contributed by atoms with Crippen LogP contribution in [0.1, 0.15) is 26.2 Å². The van der Waals surface area contributed by atoms with Crippen LogP contribution in [0, 0.1) is 6.92 Å². The van der Waals surface area contributed by atoms with Crippen LogP contribution in [-0.2, 0) is 4.79 Å². The van der Waals surface area contributed by atoms with Crippen molar-refractivity contribution in [1.29, 1.82) is 0 Å². The molecule has 1 aromatic heterocycles. The number of thioether (sulfide) groups is 1. The number of benzene rings is 4. The van der Waals surface area contributed by atoms with E-state index in [2.05, 4.69) is 20.8 Å². The Kier molecular flexibility index (Phi) is 7.06. The molecule has 0 aliphatic carbocycles. The number of amides is 2. The minimum absolute atomic E-state index is 0.170. The molecule has 36 heavy (non-hydrogen) atoms. The summed E-state index contributed by atoms with van der Waals surface area (Å²) >= 11 is 2.77. The van der Waals surface area contributed by atoms with Gasteiger partial charge in [-0.15, -0.1) is 22.0 Å². The van der Waals surface area contributed by atoms with Crippen LogP contribution in [0.4, 0.5) is 10.8 Å². The summed E-state index contributed by atoms with van der Waals surface area (Å²) < 4.78 is 0. The van der Waals surface area contributed by atoms with Crippen LogP contribution in [0.3, 0.4) is 0 Å². The maximum absolute atomic E-state index is 13.1. The Labute approximate surface area is 216 Å². The standard InChI is InChI=1S/C28H22N4O2S2/c1-18-31-32-28(35-18)30-27(34)25(20-8-3-2-4-9-20)36-24-15-13-23(14-16-24)29-26(33)22-12-11-19-7-5-6-10-21(19)17-22/h2-17,25H,1H3,(H,29,33)(H,30,32,34). The summed E-state index contributed by atoms with van der Waals surface area (Å²) in [5.74, 6) is -0.342. The third-order valence-corrected chi connectivity index (χ3v) is 7.49. The molecule has 0 spiro atoms. The molecule has 6 nitrogen and oxygen atoms in total. The first-order chi connectivity index (χ1) is 17.5. The summed E-state index contributed by atoms with van der Waals surface area (Å²) in [6, 6.07) is 30.7. The van der Waals surface area contributed by atoms with Crippen molar-refractivity contribution >= 4 is 56.5 Å². The summed E-state index contributed by atoms with van der Waals surface area (Å²) in [6.07, 6.45) is 0. The minimum atomic E-state index is -0.478. The highest BCUT2D eigenvalue weighted by molar-refractivity contribution is 8.00. The van der Waals surface area contributed by atoms with Crippen molar-refractivity contribution in [3.63, 3.8) is 0 Å². The van der Waals surface area contributed by atoms with E-state index in [4.69, 9.17) is 0 Å². The third kappa shape index (κ3) is 5.62. The highest BCUT2D eigenvalue weighted by Crippen LogP contribution is 2.37. The maximum Gasteiger partial charge on any atom is 0.255 e. The van der Waals surface area contributed by atoms with E-state index >= 15 is 0 Å². The number of aryl methyl sites for hydroxylation is 1. The highest BCUT2D eigenvalue weighted by atomic mass is 32.2. The van der Waals surface area contributed by atoms with Crippen molar-refractivity contribution in [3.05, 3.63) is 113 Å². The topological polar surface area (TPSA) is 84.0 Å². The van der Waals surface area contributed by atoms with Crippen molar-refractivity contribution in [3.8, 4) is 0 Å². The van der Waals surface area contributed by atoms with Gasteiger partial charge in [0.25, 0.3) is 5.91 Å². The fraction of sp³-hybridized carbons (Fsp3) is 0.0714. The third-order valence-electron chi connectivity index (χ3n) is 5.47. The second kappa shape index (κ2) is 10.7.